The summed E-state index contributed by atoms with van der Waals surface area (Å²) in [6, 6.07) is -1.23. The molecule has 7 N–H and O–H groups in total. The van der Waals surface area contributed by atoms with Gasteiger partial charge in [0.2, 0.25) is 0 Å². The van der Waals surface area contributed by atoms with Gasteiger partial charge in [-0.1, -0.05) is 160 Å². The van der Waals surface area contributed by atoms with Crippen molar-refractivity contribution >= 4 is 29.7 Å². The average Bonchev–Trinajstić information content (AvgIpc) is 3.18. The van der Waals surface area contributed by atoms with E-state index >= 15 is 0 Å². The van der Waals surface area contributed by atoms with Crippen LogP contribution >= 0.6 is 11.8 Å². The molecule has 0 aliphatic carbocycles. The molecule has 0 radical (unpaired) electrons. The molecule has 3 atom stereocenters. The van der Waals surface area contributed by atoms with Gasteiger partial charge in [0.05, 0.1) is 0 Å². The van der Waals surface area contributed by atoms with Crippen molar-refractivity contribution in [1.82, 2.24) is 5.32 Å². The largest absolute Gasteiger partial charge is 0.391 e. The quantitative estimate of drug-likeness (QED) is 0.0119. The SMILES string of the molecule is CCCCCCCC/C=C\CCCCCCCCC(CCCCCCC/C=C\CCCCCCCC)N[C@@H](CCCN=C(N)N)C(=O)OC(=O)[C@@H](N)CCSC. The van der Waals surface area contributed by atoms with E-state index in [2.05, 4.69) is 48.5 Å². The average molecular weight is 806 g/mol. The van der Waals surface area contributed by atoms with Crippen molar-refractivity contribution in [3.8, 4) is 0 Å². The van der Waals surface area contributed by atoms with E-state index in [9.17, 15) is 9.59 Å². The van der Waals surface area contributed by atoms with Gasteiger partial charge in [-0.3, -0.25) is 4.99 Å². The Morgan fingerprint density at radius 3 is 1.39 bits per heavy atom. The molecule has 56 heavy (non-hydrogen) atoms. The first kappa shape index (κ1) is 54.2. The van der Waals surface area contributed by atoms with Gasteiger partial charge in [-0.15, -0.1) is 0 Å². The fraction of sp³-hybridized carbons (Fsp3) is 0.851. The summed E-state index contributed by atoms with van der Waals surface area (Å²) in [5.74, 6) is -0.426. The maximum Gasteiger partial charge on any atom is 0.330 e. The van der Waals surface area contributed by atoms with Gasteiger partial charge in [0.25, 0.3) is 0 Å². The molecule has 0 rings (SSSR count). The summed E-state index contributed by atoms with van der Waals surface area (Å²) in [5.41, 5.74) is 17.1. The Labute approximate surface area is 350 Å². The number of nitrogens with one attached hydrogen (secondary N) is 1. The van der Waals surface area contributed by atoms with Crippen LogP contribution in [-0.2, 0) is 14.3 Å². The molecule has 0 aromatic heterocycles. The van der Waals surface area contributed by atoms with E-state index in [-0.39, 0.29) is 12.0 Å². The second-order valence-corrected chi connectivity index (χ2v) is 17.1. The van der Waals surface area contributed by atoms with Gasteiger partial charge >= 0.3 is 11.9 Å². The van der Waals surface area contributed by atoms with E-state index in [4.69, 9.17) is 21.9 Å². The molecule has 1 unspecified atom stereocenters. The van der Waals surface area contributed by atoms with Crippen LogP contribution in [0.2, 0.25) is 0 Å². The Balaban J connectivity index is 4.89. The van der Waals surface area contributed by atoms with Gasteiger partial charge in [-0.2, -0.15) is 11.8 Å². The molecule has 0 aromatic rings. The molecule has 0 fully saturated rings. The molecule has 0 amide bonds. The predicted molar refractivity (Wildman–Crippen MR) is 246 cm³/mol. The highest BCUT2D eigenvalue weighted by atomic mass is 32.2. The second-order valence-electron chi connectivity index (χ2n) is 16.1. The third-order valence-corrected chi connectivity index (χ3v) is 11.3. The van der Waals surface area contributed by atoms with Crippen molar-refractivity contribution in [3.63, 3.8) is 0 Å². The number of allylic oxidation sites excluding steroid dienone is 4. The highest BCUT2D eigenvalue weighted by molar-refractivity contribution is 7.98. The standard InChI is InChI=1S/C47H91N5O3S/c1-4-6-8-10-12-14-16-18-20-22-24-26-28-30-32-34-37-42(36-33-31-29-27-25-23-21-19-17-15-13-11-9-7-5-2)52-44(38-35-40-51-47(49)50)46(54)55-45(53)43(48)39-41-56-3/h18-21,42-44,52H,4-17,22-41,48H2,1-3H3,(H4,49,50,51)/b20-18-,21-19-/t42?,43-,44-/m0/s1. The third kappa shape index (κ3) is 37.7. The van der Waals surface area contributed by atoms with Crippen molar-refractivity contribution < 1.29 is 14.3 Å². The lowest BCUT2D eigenvalue weighted by molar-refractivity contribution is -0.162. The summed E-state index contributed by atoms with van der Waals surface area (Å²) in [7, 11) is 0. The molecule has 0 aliphatic rings. The Bertz CT molecular complexity index is 971. The highest BCUT2D eigenvalue weighted by Crippen LogP contribution is 2.18. The summed E-state index contributed by atoms with van der Waals surface area (Å²) in [5, 5.41) is 3.63. The summed E-state index contributed by atoms with van der Waals surface area (Å²) in [6.07, 6.45) is 49.7. The number of thioether (sulfide) groups is 1. The number of aliphatic imine (C=N–C) groups is 1. The zero-order valence-corrected chi connectivity index (χ0v) is 37.7. The van der Waals surface area contributed by atoms with E-state index in [1.54, 1.807) is 11.8 Å². The predicted octanol–water partition coefficient (Wildman–Crippen LogP) is 12.0. The number of ether oxygens (including phenoxy) is 1. The van der Waals surface area contributed by atoms with Crippen LogP contribution in [0.4, 0.5) is 0 Å². The summed E-state index contributed by atoms with van der Waals surface area (Å²) in [6.45, 7) is 4.96. The van der Waals surface area contributed by atoms with E-state index in [0.717, 1.165) is 31.4 Å². The molecule has 0 heterocycles. The lowest BCUT2D eigenvalue weighted by Gasteiger charge is -2.25. The van der Waals surface area contributed by atoms with Gasteiger partial charge in [-0.25, -0.2) is 9.59 Å². The number of unbranched alkanes of at least 4 members (excludes halogenated alkanes) is 23. The fourth-order valence-corrected chi connectivity index (χ4v) is 7.57. The number of nitrogens with two attached hydrogens (primary N) is 3. The van der Waals surface area contributed by atoms with Gasteiger partial charge in [-0.05, 0) is 95.5 Å². The van der Waals surface area contributed by atoms with E-state index < -0.39 is 24.0 Å². The van der Waals surface area contributed by atoms with Crippen LogP contribution in [-0.4, -0.2) is 54.6 Å². The molecule has 328 valence electrons. The zero-order chi connectivity index (χ0) is 41.2. The van der Waals surface area contributed by atoms with E-state index in [1.807, 2.05) is 6.26 Å². The Hall–Kier alpha value is -1.84. The van der Waals surface area contributed by atoms with Crippen LogP contribution in [0.5, 0.6) is 0 Å². The molecular weight excluding hydrogens is 715 g/mol. The number of hydrogen-bond acceptors (Lipinski definition) is 7. The monoisotopic (exact) mass is 806 g/mol. The van der Waals surface area contributed by atoms with Crippen molar-refractivity contribution in [1.29, 1.82) is 0 Å². The molecule has 0 aromatic carbocycles. The number of guanidine groups is 1. The number of rotatable bonds is 42. The van der Waals surface area contributed by atoms with Gasteiger partial charge in [0.1, 0.15) is 12.1 Å². The number of carbonyl (C=O) groups is 2. The van der Waals surface area contributed by atoms with Crippen molar-refractivity contribution in [3.05, 3.63) is 24.3 Å². The zero-order valence-electron chi connectivity index (χ0n) is 36.9. The molecule has 0 saturated heterocycles. The molecule has 0 saturated carbocycles. The van der Waals surface area contributed by atoms with Crippen LogP contribution in [0.25, 0.3) is 0 Å². The number of carbonyl (C=O) groups excluding carboxylic acids is 2. The maximum atomic E-state index is 13.4. The van der Waals surface area contributed by atoms with Crippen molar-refractivity contribution in [2.24, 2.45) is 22.2 Å². The van der Waals surface area contributed by atoms with E-state index in [0.29, 0.717) is 25.8 Å². The Morgan fingerprint density at radius 2 is 0.982 bits per heavy atom. The summed E-state index contributed by atoms with van der Waals surface area (Å²) in [4.78, 5) is 30.1. The normalized spacial score (nSPS) is 13.4. The number of hydrogen-bond donors (Lipinski definition) is 4. The first-order valence-electron chi connectivity index (χ1n) is 23.5. The van der Waals surface area contributed by atoms with Gasteiger partial charge < -0.3 is 27.3 Å². The van der Waals surface area contributed by atoms with E-state index in [1.165, 1.54) is 161 Å². The lowest BCUT2D eigenvalue weighted by atomic mass is 9.98. The van der Waals surface area contributed by atoms with Crippen molar-refractivity contribution in [2.45, 2.75) is 237 Å². The summed E-state index contributed by atoms with van der Waals surface area (Å²) >= 11 is 1.61. The third-order valence-electron chi connectivity index (χ3n) is 10.7. The highest BCUT2D eigenvalue weighted by Gasteiger charge is 2.27. The Morgan fingerprint density at radius 1 is 0.571 bits per heavy atom. The number of nitrogens with zero attached hydrogens (tertiary/aromatic N) is 1. The van der Waals surface area contributed by atoms with Crippen molar-refractivity contribution in [2.75, 3.05) is 18.6 Å². The molecule has 9 heteroatoms. The van der Waals surface area contributed by atoms with Crippen LogP contribution in [0, 0.1) is 0 Å². The van der Waals surface area contributed by atoms with Gasteiger partial charge in [0, 0.05) is 12.6 Å². The van der Waals surface area contributed by atoms with Crippen LogP contribution in [0.1, 0.15) is 219 Å². The molecule has 0 aliphatic heterocycles. The molecule has 0 bridgehead atoms. The fourth-order valence-electron chi connectivity index (χ4n) is 7.08. The molecule has 0 spiro atoms. The molecular formula is C47H91N5O3S. The maximum absolute atomic E-state index is 13.4. The Kier molecular flexibility index (Phi) is 41.4. The van der Waals surface area contributed by atoms with Crippen LogP contribution in [0.3, 0.4) is 0 Å². The minimum Gasteiger partial charge on any atom is -0.391 e. The minimum atomic E-state index is -0.804. The second kappa shape index (κ2) is 42.8. The van der Waals surface area contributed by atoms with Crippen LogP contribution < -0.4 is 22.5 Å². The number of esters is 2. The minimum absolute atomic E-state index is 0.0362. The molecule has 8 nitrogen and oxygen atoms in total. The van der Waals surface area contributed by atoms with Crippen LogP contribution in [0.15, 0.2) is 29.3 Å². The topological polar surface area (TPSA) is 146 Å². The summed E-state index contributed by atoms with van der Waals surface area (Å²) < 4.78 is 5.35. The smallest absolute Gasteiger partial charge is 0.330 e. The first-order chi connectivity index (χ1) is 27.3. The lowest BCUT2D eigenvalue weighted by Crippen LogP contribution is -2.46. The van der Waals surface area contributed by atoms with Gasteiger partial charge in [0.15, 0.2) is 5.96 Å². The first-order valence-corrected chi connectivity index (χ1v) is 24.9.